The van der Waals surface area contributed by atoms with Crippen LogP contribution in [0.3, 0.4) is 0 Å². The number of amides is 1. The van der Waals surface area contributed by atoms with Crippen LogP contribution in [-0.4, -0.2) is 27.2 Å². The van der Waals surface area contributed by atoms with Gasteiger partial charge in [-0.05, 0) is 24.1 Å². The largest absolute Gasteiger partial charge is 0.385 e. The molecule has 0 radical (unpaired) electrons. The number of rotatable bonds is 5. The average Bonchev–Trinajstić information content (AvgIpc) is 2.75. The maximum Gasteiger partial charge on any atom is 0.267 e. The smallest absolute Gasteiger partial charge is 0.267 e. The topological polar surface area (TPSA) is 85.8 Å². The highest BCUT2D eigenvalue weighted by atomic mass is 16.1. The summed E-state index contributed by atoms with van der Waals surface area (Å²) in [5.74, 6) is -0.522. The van der Waals surface area contributed by atoms with Gasteiger partial charge in [0.1, 0.15) is 5.69 Å². The number of hydrogen-bond acceptors (Lipinski definition) is 4. The highest BCUT2D eigenvalue weighted by Crippen LogP contribution is 2.08. The summed E-state index contributed by atoms with van der Waals surface area (Å²) >= 11 is 0. The molecule has 0 saturated heterocycles. The summed E-state index contributed by atoms with van der Waals surface area (Å²) in [6, 6.07) is 3.45. The van der Waals surface area contributed by atoms with Gasteiger partial charge < -0.3 is 11.1 Å². The van der Waals surface area contributed by atoms with E-state index in [0.29, 0.717) is 0 Å². The standard InChI is InChI=1S/C12H15N5O/c1-17-8-9(7-16-17)2-4-14-10-3-5-15-11(6-10)12(13)18/h3,5-8H,2,4H2,1H3,(H2,13,18)(H,14,15). The van der Waals surface area contributed by atoms with Crippen molar-refractivity contribution in [1.82, 2.24) is 14.8 Å². The van der Waals surface area contributed by atoms with Crippen LogP contribution in [0.1, 0.15) is 16.1 Å². The van der Waals surface area contributed by atoms with Gasteiger partial charge in [-0.1, -0.05) is 0 Å². The lowest BCUT2D eigenvalue weighted by molar-refractivity contribution is 0.0995. The molecule has 1 amide bonds. The van der Waals surface area contributed by atoms with Crippen LogP contribution in [0.15, 0.2) is 30.7 Å². The Morgan fingerprint density at radius 1 is 1.56 bits per heavy atom. The number of carbonyl (C=O) groups excluding carboxylic acids is 1. The molecule has 2 heterocycles. The SMILES string of the molecule is Cn1cc(CCNc2ccnc(C(N)=O)c2)cn1. The molecule has 0 atom stereocenters. The summed E-state index contributed by atoms with van der Waals surface area (Å²) in [6.45, 7) is 0.758. The fourth-order valence-electron chi connectivity index (χ4n) is 1.63. The van der Waals surface area contributed by atoms with Gasteiger partial charge in [-0.15, -0.1) is 0 Å². The van der Waals surface area contributed by atoms with E-state index in [-0.39, 0.29) is 5.69 Å². The molecule has 2 aromatic rings. The number of primary amides is 1. The number of nitrogens with zero attached hydrogens (tertiary/aromatic N) is 3. The number of pyridine rings is 1. The van der Waals surface area contributed by atoms with Crippen LogP contribution >= 0.6 is 0 Å². The molecule has 2 aromatic heterocycles. The van der Waals surface area contributed by atoms with Gasteiger partial charge in [-0.3, -0.25) is 14.5 Å². The van der Waals surface area contributed by atoms with Gasteiger partial charge in [0, 0.05) is 31.7 Å². The monoisotopic (exact) mass is 245 g/mol. The van der Waals surface area contributed by atoms with Gasteiger partial charge in [0.2, 0.25) is 0 Å². The summed E-state index contributed by atoms with van der Waals surface area (Å²) in [5.41, 5.74) is 7.43. The van der Waals surface area contributed by atoms with Gasteiger partial charge in [-0.2, -0.15) is 5.10 Å². The molecule has 6 nitrogen and oxygen atoms in total. The molecule has 0 aliphatic carbocycles. The van der Waals surface area contributed by atoms with Crippen LogP contribution in [-0.2, 0) is 13.5 Å². The molecule has 0 unspecified atom stereocenters. The van der Waals surface area contributed by atoms with Crippen molar-refractivity contribution in [3.8, 4) is 0 Å². The maximum atomic E-state index is 11.0. The molecule has 6 heteroatoms. The first-order valence-electron chi connectivity index (χ1n) is 5.62. The van der Waals surface area contributed by atoms with E-state index in [1.165, 1.54) is 0 Å². The number of nitrogens with two attached hydrogens (primary N) is 1. The first kappa shape index (κ1) is 12.1. The fraction of sp³-hybridized carbons (Fsp3) is 0.250. The molecular formula is C12H15N5O. The minimum Gasteiger partial charge on any atom is -0.385 e. The summed E-state index contributed by atoms with van der Waals surface area (Å²) in [4.78, 5) is 14.9. The highest BCUT2D eigenvalue weighted by molar-refractivity contribution is 5.91. The Bertz CT molecular complexity index is 549. The van der Waals surface area contributed by atoms with Crippen molar-refractivity contribution >= 4 is 11.6 Å². The molecule has 0 fully saturated rings. The van der Waals surface area contributed by atoms with Gasteiger partial charge in [0.05, 0.1) is 6.20 Å². The van der Waals surface area contributed by atoms with Gasteiger partial charge in [-0.25, -0.2) is 0 Å². The van der Waals surface area contributed by atoms with Crippen molar-refractivity contribution in [1.29, 1.82) is 0 Å². The third kappa shape index (κ3) is 3.07. The summed E-state index contributed by atoms with van der Waals surface area (Å²) < 4.78 is 1.77. The van der Waals surface area contributed by atoms with Crippen molar-refractivity contribution in [2.45, 2.75) is 6.42 Å². The number of nitrogens with one attached hydrogen (secondary N) is 1. The lowest BCUT2D eigenvalue weighted by Gasteiger charge is -2.05. The summed E-state index contributed by atoms with van der Waals surface area (Å²) in [5, 5.41) is 7.31. The zero-order chi connectivity index (χ0) is 13.0. The highest BCUT2D eigenvalue weighted by Gasteiger charge is 2.02. The molecule has 0 saturated carbocycles. The van der Waals surface area contributed by atoms with Crippen LogP contribution in [0.5, 0.6) is 0 Å². The van der Waals surface area contributed by atoms with Gasteiger partial charge in [0.25, 0.3) is 5.91 Å². The second kappa shape index (κ2) is 5.31. The Hall–Kier alpha value is -2.37. The van der Waals surface area contributed by atoms with E-state index in [9.17, 15) is 4.79 Å². The van der Waals surface area contributed by atoms with E-state index in [0.717, 1.165) is 24.2 Å². The molecular weight excluding hydrogens is 230 g/mol. The summed E-state index contributed by atoms with van der Waals surface area (Å²) in [6.07, 6.45) is 6.24. The molecule has 94 valence electrons. The van der Waals surface area contributed by atoms with E-state index in [1.807, 2.05) is 19.4 Å². The molecule has 0 aromatic carbocycles. The van der Waals surface area contributed by atoms with Crippen LogP contribution < -0.4 is 11.1 Å². The predicted molar refractivity (Wildman–Crippen MR) is 68.2 cm³/mol. The summed E-state index contributed by atoms with van der Waals surface area (Å²) in [7, 11) is 1.89. The number of hydrogen-bond donors (Lipinski definition) is 2. The van der Waals surface area contributed by atoms with Crippen LogP contribution in [0, 0.1) is 0 Å². The normalized spacial score (nSPS) is 10.3. The average molecular weight is 245 g/mol. The minimum atomic E-state index is -0.522. The van der Waals surface area contributed by atoms with Crippen LogP contribution in [0.2, 0.25) is 0 Å². The Kier molecular flexibility index (Phi) is 3.57. The Morgan fingerprint density at radius 3 is 3.06 bits per heavy atom. The Balaban J connectivity index is 1.90. The molecule has 2 rings (SSSR count). The van der Waals surface area contributed by atoms with Crippen molar-refractivity contribution in [2.75, 3.05) is 11.9 Å². The molecule has 0 aliphatic rings. The predicted octanol–water partition coefficient (Wildman–Crippen LogP) is 0.569. The lowest BCUT2D eigenvalue weighted by Crippen LogP contribution is -2.13. The lowest BCUT2D eigenvalue weighted by atomic mass is 10.2. The van der Waals surface area contributed by atoms with Gasteiger partial charge in [0.15, 0.2) is 0 Å². The fourth-order valence-corrected chi connectivity index (χ4v) is 1.63. The zero-order valence-corrected chi connectivity index (χ0v) is 10.1. The van der Waals surface area contributed by atoms with Crippen molar-refractivity contribution in [2.24, 2.45) is 12.8 Å². The molecule has 0 bridgehead atoms. The van der Waals surface area contributed by atoms with Crippen LogP contribution in [0.4, 0.5) is 5.69 Å². The Labute approximate surface area is 105 Å². The quantitative estimate of drug-likeness (QED) is 0.806. The minimum absolute atomic E-state index is 0.265. The third-order valence-corrected chi connectivity index (χ3v) is 2.51. The second-order valence-electron chi connectivity index (χ2n) is 3.99. The first-order chi connectivity index (χ1) is 8.65. The van der Waals surface area contributed by atoms with Gasteiger partial charge >= 0.3 is 0 Å². The third-order valence-electron chi connectivity index (χ3n) is 2.51. The van der Waals surface area contributed by atoms with Crippen molar-refractivity contribution < 1.29 is 4.79 Å². The van der Waals surface area contributed by atoms with Crippen LogP contribution in [0.25, 0.3) is 0 Å². The number of aryl methyl sites for hydroxylation is 1. The van der Waals surface area contributed by atoms with E-state index in [4.69, 9.17) is 5.73 Å². The van der Waals surface area contributed by atoms with E-state index < -0.39 is 5.91 Å². The Morgan fingerprint density at radius 2 is 2.39 bits per heavy atom. The van der Waals surface area contributed by atoms with E-state index in [1.54, 1.807) is 23.0 Å². The first-order valence-corrected chi connectivity index (χ1v) is 5.62. The molecule has 18 heavy (non-hydrogen) atoms. The van der Waals surface area contributed by atoms with Crippen molar-refractivity contribution in [3.05, 3.63) is 42.0 Å². The second-order valence-corrected chi connectivity index (χ2v) is 3.99. The maximum absolute atomic E-state index is 11.0. The molecule has 3 N–H and O–H groups in total. The number of aromatic nitrogens is 3. The zero-order valence-electron chi connectivity index (χ0n) is 10.1. The number of carbonyl (C=O) groups is 1. The molecule has 0 spiro atoms. The van der Waals surface area contributed by atoms with E-state index in [2.05, 4.69) is 15.4 Å². The molecule has 0 aliphatic heterocycles. The van der Waals surface area contributed by atoms with Crippen molar-refractivity contribution in [3.63, 3.8) is 0 Å². The number of anilines is 1. The van der Waals surface area contributed by atoms with E-state index >= 15 is 0 Å².